The average Bonchev–Trinajstić information content (AvgIpc) is 2.29. The van der Waals surface area contributed by atoms with Crippen molar-refractivity contribution in [1.82, 2.24) is 4.98 Å². The second-order valence-electron chi connectivity index (χ2n) is 4.18. The van der Waals surface area contributed by atoms with E-state index < -0.39 is 5.91 Å². The van der Waals surface area contributed by atoms with E-state index in [4.69, 9.17) is 11.5 Å². The van der Waals surface area contributed by atoms with Crippen LogP contribution in [-0.2, 0) is 0 Å². The first-order chi connectivity index (χ1) is 8.08. The minimum Gasteiger partial charge on any atom is -0.393 e. The van der Waals surface area contributed by atoms with Gasteiger partial charge < -0.3 is 21.5 Å². The summed E-state index contributed by atoms with van der Waals surface area (Å²) in [6, 6.07) is 3.32. The quantitative estimate of drug-likeness (QED) is 0.655. The molecule has 1 aromatic rings. The number of anilines is 2. The molecule has 0 aliphatic carbocycles. The molecule has 6 nitrogen and oxygen atoms in total. The van der Waals surface area contributed by atoms with E-state index in [9.17, 15) is 9.90 Å². The Morgan fingerprint density at radius 3 is 2.59 bits per heavy atom. The molecule has 0 spiro atoms. The smallest absolute Gasteiger partial charge is 0.252 e. The number of rotatable bonds is 2. The van der Waals surface area contributed by atoms with Gasteiger partial charge in [0.2, 0.25) is 0 Å². The molecule has 6 heteroatoms. The van der Waals surface area contributed by atoms with Gasteiger partial charge in [-0.25, -0.2) is 4.98 Å². The van der Waals surface area contributed by atoms with Crippen LogP contribution in [0.3, 0.4) is 0 Å². The topological polar surface area (TPSA) is 105 Å². The highest BCUT2D eigenvalue weighted by molar-refractivity contribution is 5.97. The van der Waals surface area contributed by atoms with Crippen molar-refractivity contribution in [2.24, 2.45) is 5.73 Å². The molecule has 92 valence electrons. The number of carbonyl (C=O) groups is 1. The fraction of sp³-hybridized carbons (Fsp3) is 0.455. The normalized spacial score (nSPS) is 17.1. The summed E-state index contributed by atoms with van der Waals surface area (Å²) in [6.07, 6.45) is 1.21. The lowest BCUT2D eigenvalue weighted by molar-refractivity contribution is 0.100. The van der Waals surface area contributed by atoms with E-state index >= 15 is 0 Å². The van der Waals surface area contributed by atoms with Gasteiger partial charge in [-0.2, -0.15) is 0 Å². The number of hydrogen-bond donors (Lipinski definition) is 3. The van der Waals surface area contributed by atoms with Gasteiger partial charge in [-0.1, -0.05) is 0 Å². The summed E-state index contributed by atoms with van der Waals surface area (Å²) in [5.74, 6) is 0.302. The van der Waals surface area contributed by atoms with Crippen molar-refractivity contribution in [3.05, 3.63) is 17.7 Å². The summed E-state index contributed by atoms with van der Waals surface area (Å²) in [5.41, 5.74) is 11.1. The average molecular weight is 236 g/mol. The molecule has 0 radical (unpaired) electrons. The first kappa shape index (κ1) is 11.7. The molecule has 1 fully saturated rings. The van der Waals surface area contributed by atoms with Gasteiger partial charge in [-0.05, 0) is 25.0 Å². The zero-order valence-corrected chi connectivity index (χ0v) is 9.47. The monoisotopic (exact) mass is 236 g/mol. The Balaban J connectivity index is 2.17. The SMILES string of the molecule is NC(=O)c1ccc(N2CCC(O)CC2)nc1N. The van der Waals surface area contributed by atoms with Crippen LogP contribution in [0.4, 0.5) is 11.6 Å². The number of piperidine rings is 1. The Morgan fingerprint density at radius 1 is 1.41 bits per heavy atom. The molecule has 1 amide bonds. The van der Waals surface area contributed by atoms with Gasteiger partial charge >= 0.3 is 0 Å². The summed E-state index contributed by atoms with van der Waals surface area (Å²) in [7, 11) is 0. The molecule has 1 aromatic heterocycles. The number of nitrogens with zero attached hydrogens (tertiary/aromatic N) is 2. The Morgan fingerprint density at radius 2 is 2.06 bits per heavy atom. The van der Waals surface area contributed by atoms with Crippen molar-refractivity contribution >= 4 is 17.5 Å². The number of nitrogen functional groups attached to an aromatic ring is 1. The standard InChI is InChI=1S/C11H16N4O2/c12-10-8(11(13)17)1-2-9(14-10)15-5-3-7(16)4-6-15/h1-2,7,16H,3-6H2,(H2,12,14)(H2,13,17). The molecule has 1 saturated heterocycles. The van der Waals surface area contributed by atoms with Crippen molar-refractivity contribution in [2.75, 3.05) is 23.7 Å². The van der Waals surface area contributed by atoms with Crippen molar-refractivity contribution < 1.29 is 9.90 Å². The van der Waals surface area contributed by atoms with Crippen LogP contribution in [0.15, 0.2) is 12.1 Å². The summed E-state index contributed by atoms with van der Waals surface area (Å²) >= 11 is 0. The molecule has 0 saturated carbocycles. The van der Waals surface area contributed by atoms with Gasteiger partial charge in [-0.3, -0.25) is 4.79 Å². The molecular weight excluding hydrogens is 220 g/mol. The molecule has 0 aromatic carbocycles. The molecule has 0 bridgehead atoms. The number of aromatic nitrogens is 1. The van der Waals surface area contributed by atoms with Crippen LogP contribution in [0.25, 0.3) is 0 Å². The van der Waals surface area contributed by atoms with Crippen LogP contribution < -0.4 is 16.4 Å². The van der Waals surface area contributed by atoms with Gasteiger partial charge in [0.05, 0.1) is 11.7 Å². The van der Waals surface area contributed by atoms with Crippen LogP contribution in [0.1, 0.15) is 23.2 Å². The Labute approximate surface area is 99.2 Å². The van der Waals surface area contributed by atoms with Crippen molar-refractivity contribution in [3.63, 3.8) is 0 Å². The third kappa shape index (κ3) is 2.47. The highest BCUT2D eigenvalue weighted by Crippen LogP contribution is 2.20. The van der Waals surface area contributed by atoms with Crippen LogP contribution in [-0.4, -0.2) is 35.2 Å². The maximum Gasteiger partial charge on any atom is 0.252 e. The number of amides is 1. The number of aliphatic hydroxyl groups is 1. The number of primary amides is 1. The van der Waals surface area contributed by atoms with Crippen LogP contribution >= 0.6 is 0 Å². The molecule has 2 rings (SSSR count). The predicted molar refractivity (Wildman–Crippen MR) is 64.6 cm³/mol. The summed E-state index contributed by atoms with van der Waals surface area (Å²) < 4.78 is 0. The summed E-state index contributed by atoms with van der Waals surface area (Å²) in [4.78, 5) is 17.2. The molecular formula is C11H16N4O2. The maximum absolute atomic E-state index is 11.0. The number of aliphatic hydroxyl groups excluding tert-OH is 1. The minimum atomic E-state index is -0.574. The lowest BCUT2D eigenvalue weighted by atomic mass is 10.1. The number of carbonyl (C=O) groups excluding carboxylic acids is 1. The first-order valence-corrected chi connectivity index (χ1v) is 5.57. The van der Waals surface area contributed by atoms with Gasteiger partial charge in [0, 0.05) is 13.1 Å². The molecule has 5 N–H and O–H groups in total. The van der Waals surface area contributed by atoms with E-state index in [1.807, 2.05) is 4.90 Å². The van der Waals surface area contributed by atoms with Crippen molar-refractivity contribution in [3.8, 4) is 0 Å². The van der Waals surface area contributed by atoms with Gasteiger partial charge in [0.1, 0.15) is 11.6 Å². The van der Waals surface area contributed by atoms with Crippen LogP contribution in [0.5, 0.6) is 0 Å². The molecule has 2 heterocycles. The molecule has 17 heavy (non-hydrogen) atoms. The fourth-order valence-corrected chi connectivity index (χ4v) is 1.94. The fourth-order valence-electron chi connectivity index (χ4n) is 1.94. The minimum absolute atomic E-state index is 0.154. The largest absolute Gasteiger partial charge is 0.393 e. The third-order valence-electron chi connectivity index (χ3n) is 2.96. The first-order valence-electron chi connectivity index (χ1n) is 5.57. The van der Waals surface area contributed by atoms with E-state index in [1.165, 1.54) is 0 Å². The molecule has 1 aliphatic heterocycles. The second-order valence-corrected chi connectivity index (χ2v) is 4.18. The maximum atomic E-state index is 11.0. The van der Waals surface area contributed by atoms with Crippen LogP contribution in [0.2, 0.25) is 0 Å². The molecule has 0 atom stereocenters. The van der Waals surface area contributed by atoms with E-state index in [-0.39, 0.29) is 17.5 Å². The third-order valence-corrected chi connectivity index (χ3v) is 2.96. The van der Waals surface area contributed by atoms with E-state index in [0.717, 1.165) is 31.7 Å². The Hall–Kier alpha value is -1.82. The second kappa shape index (κ2) is 4.58. The molecule has 0 unspecified atom stereocenters. The van der Waals surface area contributed by atoms with E-state index in [0.29, 0.717) is 0 Å². The van der Waals surface area contributed by atoms with E-state index in [1.54, 1.807) is 12.1 Å². The highest BCUT2D eigenvalue weighted by Gasteiger charge is 2.19. The van der Waals surface area contributed by atoms with Gasteiger partial charge in [0.25, 0.3) is 5.91 Å². The predicted octanol–water partition coefficient (Wildman–Crippen LogP) is -0.276. The molecule has 1 aliphatic rings. The zero-order valence-electron chi connectivity index (χ0n) is 9.47. The van der Waals surface area contributed by atoms with Crippen molar-refractivity contribution in [2.45, 2.75) is 18.9 Å². The number of hydrogen-bond acceptors (Lipinski definition) is 5. The lowest BCUT2D eigenvalue weighted by Crippen LogP contribution is -2.36. The number of pyridine rings is 1. The van der Waals surface area contributed by atoms with E-state index in [2.05, 4.69) is 4.98 Å². The zero-order chi connectivity index (χ0) is 12.4. The summed E-state index contributed by atoms with van der Waals surface area (Å²) in [6.45, 7) is 1.48. The Kier molecular flexibility index (Phi) is 3.14. The number of nitrogens with two attached hydrogens (primary N) is 2. The Bertz CT molecular complexity index is 427. The van der Waals surface area contributed by atoms with Crippen LogP contribution in [0, 0.1) is 0 Å². The van der Waals surface area contributed by atoms with Gasteiger partial charge in [0.15, 0.2) is 0 Å². The van der Waals surface area contributed by atoms with Gasteiger partial charge in [-0.15, -0.1) is 0 Å². The highest BCUT2D eigenvalue weighted by atomic mass is 16.3. The summed E-state index contributed by atoms with van der Waals surface area (Å²) in [5, 5.41) is 9.41. The van der Waals surface area contributed by atoms with Crippen molar-refractivity contribution in [1.29, 1.82) is 0 Å². The lowest BCUT2D eigenvalue weighted by Gasteiger charge is -2.30.